The molecule has 1 aromatic rings. The largest absolute Gasteiger partial charge is 0.393 e. The molecule has 0 aliphatic heterocycles. The predicted octanol–water partition coefficient (Wildman–Crippen LogP) is 2.56. The Morgan fingerprint density at radius 1 is 1.50 bits per heavy atom. The molecule has 1 unspecified atom stereocenters. The first-order valence-electron chi connectivity index (χ1n) is 5.25. The maximum absolute atomic E-state index is 9.94. The Labute approximate surface area is 105 Å². The first-order valence-corrected chi connectivity index (χ1v) is 6.05. The van der Waals surface area contributed by atoms with E-state index in [1.807, 2.05) is 19.9 Å². The van der Waals surface area contributed by atoms with Crippen LogP contribution in [0.25, 0.3) is 0 Å². The third-order valence-electron chi connectivity index (χ3n) is 2.51. The molecular formula is C12H18BrNO2. The van der Waals surface area contributed by atoms with Gasteiger partial charge in [-0.05, 0) is 41.4 Å². The van der Waals surface area contributed by atoms with Crippen molar-refractivity contribution < 1.29 is 9.84 Å². The van der Waals surface area contributed by atoms with Crippen LogP contribution in [0.2, 0.25) is 0 Å². The normalized spacial score (nSPS) is 13.8. The lowest BCUT2D eigenvalue weighted by Crippen LogP contribution is -2.29. The number of methoxy groups -OCH3 is 1. The molecule has 0 amide bonds. The zero-order chi connectivity index (χ0) is 12.2. The van der Waals surface area contributed by atoms with Gasteiger partial charge < -0.3 is 9.84 Å². The van der Waals surface area contributed by atoms with E-state index in [0.717, 1.165) is 10.0 Å². The first kappa shape index (κ1) is 13.6. The fourth-order valence-electron chi connectivity index (χ4n) is 1.56. The number of hydrogen-bond donors (Lipinski definition) is 1. The lowest BCUT2D eigenvalue weighted by atomic mass is 9.97. The molecule has 16 heavy (non-hydrogen) atoms. The highest BCUT2D eigenvalue weighted by atomic mass is 79.9. The second-order valence-corrected chi connectivity index (χ2v) is 5.45. The standard InChI is InChI=1S/C12H18BrNO2/c1-12(2,16-3)6-11(15)5-9-4-10(13)8-14-7-9/h4,7-8,11,15H,5-6H2,1-3H3. The van der Waals surface area contributed by atoms with E-state index in [1.165, 1.54) is 0 Å². The smallest absolute Gasteiger partial charge is 0.0647 e. The molecule has 0 bridgehead atoms. The van der Waals surface area contributed by atoms with Gasteiger partial charge in [-0.25, -0.2) is 0 Å². The Kier molecular flexibility index (Phi) is 4.89. The number of pyridine rings is 1. The first-order chi connectivity index (χ1) is 7.43. The lowest BCUT2D eigenvalue weighted by Gasteiger charge is -2.25. The Bertz CT molecular complexity index is 342. The number of rotatable bonds is 5. The Morgan fingerprint density at radius 2 is 2.19 bits per heavy atom. The number of nitrogens with zero attached hydrogens (tertiary/aromatic N) is 1. The summed E-state index contributed by atoms with van der Waals surface area (Å²) in [5, 5.41) is 9.94. The van der Waals surface area contributed by atoms with Crippen LogP contribution in [-0.2, 0) is 11.2 Å². The van der Waals surface area contributed by atoms with Crippen LogP contribution in [-0.4, -0.2) is 28.9 Å². The van der Waals surface area contributed by atoms with Gasteiger partial charge in [0.1, 0.15) is 0 Å². The molecule has 0 aliphatic carbocycles. The highest BCUT2D eigenvalue weighted by Crippen LogP contribution is 2.19. The second kappa shape index (κ2) is 5.75. The van der Waals surface area contributed by atoms with Crippen LogP contribution >= 0.6 is 15.9 Å². The molecule has 0 saturated carbocycles. The zero-order valence-corrected chi connectivity index (χ0v) is 11.5. The van der Waals surface area contributed by atoms with Crippen LogP contribution in [0.5, 0.6) is 0 Å². The number of halogens is 1. The summed E-state index contributed by atoms with van der Waals surface area (Å²) in [5.74, 6) is 0. The monoisotopic (exact) mass is 287 g/mol. The van der Waals surface area contributed by atoms with E-state index >= 15 is 0 Å². The average Bonchev–Trinajstić information content (AvgIpc) is 2.16. The second-order valence-electron chi connectivity index (χ2n) is 4.54. The minimum absolute atomic E-state index is 0.293. The number of aromatic nitrogens is 1. The van der Waals surface area contributed by atoms with Crippen molar-refractivity contribution in [3.05, 3.63) is 28.5 Å². The molecule has 0 spiro atoms. The Hall–Kier alpha value is -0.450. The highest BCUT2D eigenvalue weighted by molar-refractivity contribution is 9.10. The van der Waals surface area contributed by atoms with Gasteiger partial charge in [-0.2, -0.15) is 0 Å². The summed E-state index contributed by atoms with van der Waals surface area (Å²) in [4.78, 5) is 4.06. The van der Waals surface area contributed by atoms with Crippen LogP contribution < -0.4 is 0 Å². The van der Waals surface area contributed by atoms with Gasteiger partial charge in [0.05, 0.1) is 11.7 Å². The van der Waals surface area contributed by atoms with Crippen molar-refractivity contribution in [1.29, 1.82) is 0 Å². The van der Waals surface area contributed by atoms with Crippen LogP contribution in [0, 0.1) is 0 Å². The van der Waals surface area contributed by atoms with Gasteiger partial charge in [-0.3, -0.25) is 4.98 Å². The summed E-state index contributed by atoms with van der Waals surface area (Å²) in [6, 6.07) is 1.97. The maximum atomic E-state index is 9.94. The topological polar surface area (TPSA) is 42.4 Å². The van der Waals surface area contributed by atoms with E-state index in [-0.39, 0.29) is 5.60 Å². The van der Waals surface area contributed by atoms with Crippen molar-refractivity contribution in [3.63, 3.8) is 0 Å². The van der Waals surface area contributed by atoms with Crippen molar-refractivity contribution in [2.24, 2.45) is 0 Å². The van der Waals surface area contributed by atoms with Crippen molar-refractivity contribution in [1.82, 2.24) is 4.98 Å². The molecule has 1 aromatic heterocycles. The summed E-state index contributed by atoms with van der Waals surface area (Å²) in [5.41, 5.74) is 0.729. The van der Waals surface area contributed by atoms with Gasteiger partial charge in [0.2, 0.25) is 0 Å². The van der Waals surface area contributed by atoms with E-state index in [2.05, 4.69) is 20.9 Å². The van der Waals surface area contributed by atoms with E-state index in [9.17, 15) is 5.11 Å². The highest BCUT2D eigenvalue weighted by Gasteiger charge is 2.21. The third-order valence-corrected chi connectivity index (χ3v) is 2.95. The van der Waals surface area contributed by atoms with E-state index in [1.54, 1.807) is 19.5 Å². The fourth-order valence-corrected chi connectivity index (χ4v) is 1.97. The number of aliphatic hydroxyl groups is 1. The number of aliphatic hydroxyl groups excluding tert-OH is 1. The van der Waals surface area contributed by atoms with Gasteiger partial charge in [0.25, 0.3) is 0 Å². The van der Waals surface area contributed by atoms with Crippen molar-refractivity contribution in [2.45, 2.75) is 38.4 Å². The molecule has 0 fully saturated rings. The van der Waals surface area contributed by atoms with Gasteiger partial charge in [0.15, 0.2) is 0 Å². The summed E-state index contributed by atoms with van der Waals surface area (Å²) < 4.78 is 6.22. The molecule has 1 rings (SSSR count). The molecule has 1 heterocycles. The van der Waals surface area contributed by atoms with Crippen LogP contribution in [0.4, 0.5) is 0 Å². The van der Waals surface area contributed by atoms with Crippen molar-refractivity contribution in [2.75, 3.05) is 7.11 Å². The van der Waals surface area contributed by atoms with Gasteiger partial charge in [0, 0.05) is 36.8 Å². The Balaban J connectivity index is 2.55. The molecule has 3 nitrogen and oxygen atoms in total. The fraction of sp³-hybridized carbons (Fsp3) is 0.583. The third kappa shape index (κ3) is 4.60. The molecule has 1 N–H and O–H groups in total. The van der Waals surface area contributed by atoms with Gasteiger partial charge in [-0.15, -0.1) is 0 Å². The van der Waals surface area contributed by atoms with Gasteiger partial charge >= 0.3 is 0 Å². The predicted molar refractivity (Wildman–Crippen MR) is 67.4 cm³/mol. The van der Waals surface area contributed by atoms with E-state index in [4.69, 9.17) is 4.74 Å². The van der Waals surface area contributed by atoms with Crippen LogP contribution in [0.3, 0.4) is 0 Å². The molecule has 1 atom stereocenters. The summed E-state index contributed by atoms with van der Waals surface area (Å²) in [6.07, 6.45) is 4.30. The molecule has 0 radical (unpaired) electrons. The SMILES string of the molecule is COC(C)(C)CC(O)Cc1cncc(Br)c1. The minimum Gasteiger partial charge on any atom is -0.393 e. The van der Waals surface area contributed by atoms with Crippen molar-refractivity contribution in [3.8, 4) is 0 Å². The number of ether oxygens (including phenoxy) is 1. The van der Waals surface area contributed by atoms with Crippen molar-refractivity contribution >= 4 is 15.9 Å². The lowest BCUT2D eigenvalue weighted by molar-refractivity contribution is -0.0190. The van der Waals surface area contributed by atoms with Crippen LogP contribution in [0.1, 0.15) is 25.8 Å². The zero-order valence-electron chi connectivity index (χ0n) is 9.90. The molecule has 0 saturated heterocycles. The summed E-state index contributed by atoms with van der Waals surface area (Å²) in [6.45, 7) is 3.94. The summed E-state index contributed by atoms with van der Waals surface area (Å²) in [7, 11) is 1.66. The number of hydrogen-bond acceptors (Lipinski definition) is 3. The Morgan fingerprint density at radius 3 is 2.75 bits per heavy atom. The molecule has 90 valence electrons. The molecular weight excluding hydrogens is 270 g/mol. The van der Waals surface area contributed by atoms with Gasteiger partial charge in [-0.1, -0.05) is 0 Å². The molecule has 0 aromatic carbocycles. The minimum atomic E-state index is -0.411. The average molecular weight is 288 g/mol. The van der Waals surface area contributed by atoms with Crippen LogP contribution in [0.15, 0.2) is 22.9 Å². The summed E-state index contributed by atoms with van der Waals surface area (Å²) >= 11 is 3.36. The molecule has 0 aliphatic rings. The maximum Gasteiger partial charge on any atom is 0.0647 e. The quantitative estimate of drug-likeness (QED) is 0.905. The molecule has 4 heteroatoms. The van der Waals surface area contributed by atoms with E-state index in [0.29, 0.717) is 12.8 Å². The van der Waals surface area contributed by atoms with E-state index < -0.39 is 6.10 Å².